The van der Waals surface area contributed by atoms with E-state index in [1.54, 1.807) is 6.07 Å². The van der Waals surface area contributed by atoms with Crippen LogP contribution in [0.4, 0.5) is 13.2 Å². The molecule has 0 atom stereocenters. The summed E-state index contributed by atoms with van der Waals surface area (Å²) in [5, 5.41) is 12.3. The van der Waals surface area contributed by atoms with E-state index in [1.807, 2.05) is 0 Å². The van der Waals surface area contributed by atoms with Crippen LogP contribution in [0.25, 0.3) is 5.65 Å². The molecule has 20 heavy (non-hydrogen) atoms. The van der Waals surface area contributed by atoms with Gasteiger partial charge in [-0.15, -0.1) is 0 Å². The lowest BCUT2D eigenvalue weighted by Crippen LogP contribution is -2.17. The molecule has 0 spiro atoms. The van der Waals surface area contributed by atoms with Gasteiger partial charge in [0.05, 0.1) is 12.8 Å². The second kappa shape index (κ2) is 4.80. The van der Waals surface area contributed by atoms with Crippen molar-refractivity contribution in [1.29, 1.82) is 5.26 Å². The van der Waals surface area contributed by atoms with Crippen molar-refractivity contribution in [2.75, 3.05) is 6.61 Å². The molecule has 0 aliphatic carbocycles. The number of nitrogens with zero attached hydrogens (tertiary/aromatic N) is 4. The number of carbonyl (C=O) groups excluding carboxylic acids is 1. The largest absolute Gasteiger partial charge is 0.461 e. The zero-order valence-electron chi connectivity index (χ0n) is 10.1. The minimum absolute atomic E-state index is 0.00257. The van der Waals surface area contributed by atoms with Gasteiger partial charge in [-0.25, -0.2) is 14.3 Å². The van der Waals surface area contributed by atoms with Gasteiger partial charge in [0.1, 0.15) is 11.6 Å². The number of rotatable bonds is 2. The highest BCUT2D eigenvalue weighted by Crippen LogP contribution is 2.30. The molecule has 0 aromatic carbocycles. The van der Waals surface area contributed by atoms with Crippen molar-refractivity contribution >= 4 is 11.6 Å². The fourth-order valence-corrected chi connectivity index (χ4v) is 1.55. The molecule has 0 saturated carbocycles. The topological polar surface area (TPSA) is 80.3 Å². The molecule has 2 aromatic rings. The first-order valence-electron chi connectivity index (χ1n) is 5.41. The lowest BCUT2D eigenvalue weighted by Gasteiger charge is -2.10. The van der Waals surface area contributed by atoms with Gasteiger partial charge in [0.2, 0.25) is 0 Å². The maximum atomic E-state index is 12.9. The summed E-state index contributed by atoms with van der Waals surface area (Å²) >= 11 is 0. The summed E-state index contributed by atoms with van der Waals surface area (Å²) in [6.45, 7) is 1.51. The number of hydrogen-bond donors (Lipinski definition) is 0. The van der Waals surface area contributed by atoms with Crippen LogP contribution in [-0.4, -0.2) is 27.2 Å². The Balaban J connectivity index is 2.74. The molecule has 2 rings (SSSR count). The maximum absolute atomic E-state index is 12.9. The summed E-state index contributed by atoms with van der Waals surface area (Å²) in [4.78, 5) is 15.2. The van der Waals surface area contributed by atoms with E-state index in [2.05, 4.69) is 14.8 Å². The van der Waals surface area contributed by atoms with Crippen LogP contribution in [0.1, 0.15) is 28.7 Å². The average molecular weight is 284 g/mol. The van der Waals surface area contributed by atoms with Gasteiger partial charge in [0, 0.05) is 6.07 Å². The van der Waals surface area contributed by atoms with Crippen LogP contribution in [0.5, 0.6) is 0 Å². The number of fused-ring (bicyclic) bond motifs is 1. The molecule has 6 nitrogen and oxygen atoms in total. The van der Waals surface area contributed by atoms with Crippen LogP contribution in [0.2, 0.25) is 0 Å². The smallest absolute Gasteiger partial charge is 0.433 e. The van der Waals surface area contributed by atoms with Gasteiger partial charge in [-0.05, 0) is 6.92 Å². The fourth-order valence-electron chi connectivity index (χ4n) is 1.55. The third-order valence-electron chi connectivity index (χ3n) is 2.37. The first-order chi connectivity index (χ1) is 9.38. The Morgan fingerprint density at radius 3 is 2.80 bits per heavy atom. The van der Waals surface area contributed by atoms with Gasteiger partial charge in [0.25, 0.3) is 0 Å². The standard InChI is InChI=1S/C11H7F3N4O2/c1-2-20-10(19)7-3-8(11(12,13)14)18-9(17-7)6(4-15)5-16-18/h3,5H,2H2,1H3. The highest BCUT2D eigenvalue weighted by molar-refractivity contribution is 5.88. The van der Waals surface area contributed by atoms with Crippen molar-refractivity contribution in [3.8, 4) is 6.07 Å². The Kier molecular flexibility index (Phi) is 3.31. The molecule has 0 aliphatic heterocycles. The summed E-state index contributed by atoms with van der Waals surface area (Å²) < 4.78 is 43.9. The third kappa shape index (κ3) is 2.27. The van der Waals surface area contributed by atoms with Crippen LogP contribution in [0, 0.1) is 11.3 Å². The molecule has 0 unspecified atom stereocenters. The number of aromatic nitrogens is 3. The van der Waals surface area contributed by atoms with E-state index in [0.29, 0.717) is 10.6 Å². The highest BCUT2D eigenvalue weighted by Gasteiger charge is 2.36. The predicted octanol–water partition coefficient (Wildman–Crippen LogP) is 1.80. The maximum Gasteiger partial charge on any atom is 0.433 e. The zero-order chi connectivity index (χ0) is 14.9. The van der Waals surface area contributed by atoms with E-state index in [9.17, 15) is 18.0 Å². The van der Waals surface area contributed by atoms with Crippen LogP contribution in [0.15, 0.2) is 12.3 Å². The van der Waals surface area contributed by atoms with E-state index >= 15 is 0 Å². The van der Waals surface area contributed by atoms with Crippen molar-refractivity contribution in [3.63, 3.8) is 0 Å². The lowest BCUT2D eigenvalue weighted by molar-refractivity contribution is -0.142. The minimum atomic E-state index is -4.75. The van der Waals surface area contributed by atoms with Gasteiger partial charge in [0.15, 0.2) is 17.0 Å². The van der Waals surface area contributed by atoms with E-state index in [0.717, 1.165) is 6.20 Å². The number of alkyl halides is 3. The molecule has 2 aromatic heterocycles. The molecule has 0 amide bonds. The van der Waals surface area contributed by atoms with Crippen molar-refractivity contribution in [1.82, 2.24) is 14.6 Å². The Bertz CT molecular complexity index is 715. The number of nitriles is 1. The Labute approximate surface area is 110 Å². The summed E-state index contributed by atoms with van der Waals surface area (Å²) in [5.41, 5.74) is -2.23. The summed E-state index contributed by atoms with van der Waals surface area (Å²) in [7, 11) is 0. The first kappa shape index (κ1) is 13.8. The summed E-state index contributed by atoms with van der Waals surface area (Å²) in [5.74, 6) is -0.995. The van der Waals surface area contributed by atoms with E-state index in [-0.39, 0.29) is 17.8 Å². The van der Waals surface area contributed by atoms with Gasteiger partial charge < -0.3 is 4.74 Å². The van der Waals surface area contributed by atoms with Crippen LogP contribution in [0.3, 0.4) is 0 Å². The normalized spacial score (nSPS) is 11.3. The van der Waals surface area contributed by atoms with Crippen molar-refractivity contribution < 1.29 is 22.7 Å². The Hall–Kier alpha value is -2.63. The van der Waals surface area contributed by atoms with E-state index in [1.165, 1.54) is 6.92 Å². The molecule has 0 aliphatic rings. The van der Waals surface area contributed by atoms with Crippen LogP contribution in [-0.2, 0) is 10.9 Å². The van der Waals surface area contributed by atoms with E-state index in [4.69, 9.17) is 5.26 Å². The van der Waals surface area contributed by atoms with Gasteiger partial charge >= 0.3 is 12.1 Å². The SMILES string of the molecule is CCOC(=O)c1cc(C(F)(F)F)n2ncc(C#N)c2n1. The van der Waals surface area contributed by atoms with Gasteiger partial charge in [-0.2, -0.15) is 23.5 Å². The molecule has 0 fully saturated rings. The van der Waals surface area contributed by atoms with Crippen molar-refractivity contribution in [2.24, 2.45) is 0 Å². The molecule has 0 N–H and O–H groups in total. The molecule has 0 bridgehead atoms. The molecule has 104 valence electrons. The Morgan fingerprint density at radius 1 is 1.55 bits per heavy atom. The second-order valence-electron chi connectivity index (χ2n) is 3.65. The monoisotopic (exact) mass is 284 g/mol. The quantitative estimate of drug-likeness (QED) is 0.785. The van der Waals surface area contributed by atoms with E-state index < -0.39 is 23.5 Å². The average Bonchev–Trinajstić information content (AvgIpc) is 2.79. The van der Waals surface area contributed by atoms with Gasteiger partial charge in [-0.1, -0.05) is 0 Å². The van der Waals surface area contributed by atoms with Crippen molar-refractivity contribution in [3.05, 3.63) is 29.2 Å². The first-order valence-corrected chi connectivity index (χ1v) is 5.41. The fraction of sp³-hybridized carbons (Fsp3) is 0.273. The number of esters is 1. The molecular weight excluding hydrogens is 277 g/mol. The van der Waals surface area contributed by atoms with Gasteiger partial charge in [-0.3, -0.25) is 0 Å². The van der Waals surface area contributed by atoms with Crippen LogP contribution >= 0.6 is 0 Å². The third-order valence-corrected chi connectivity index (χ3v) is 2.37. The number of halogens is 3. The summed E-state index contributed by atoms with van der Waals surface area (Å²) in [6, 6.07) is 2.20. The number of hydrogen-bond acceptors (Lipinski definition) is 5. The number of carbonyl (C=O) groups is 1. The second-order valence-corrected chi connectivity index (χ2v) is 3.65. The summed E-state index contributed by atoms with van der Waals surface area (Å²) in [6.07, 6.45) is -3.80. The Morgan fingerprint density at radius 2 is 2.25 bits per heavy atom. The number of ether oxygens (including phenoxy) is 1. The molecule has 0 radical (unpaired) electrons. The minimum Gasteiger partial charge on any atom is -0.461 e. The van der Waals surface area contributed by atoms with Crippen LogP contribution < -0.4 is 0 Å². The zero-order valence-corrected chi connectivity index (χ0v) is 10.1. The van der Waals surface area contributed by atoms with Crippen molar-refractivity contribution in [2.45, 2.75) is 13.1 Å². The molecule has 0 saturated heterocycles. The molecule has 9 heteroatoms. The molecular formula is C11H7F3N4O2. The highest BCUT2D eigenvalue weighted by atomic mass is 19.4. The lowest BCUT2D eigenvalue weighted by atomic mass is 10.3. The predicted molar refractivity (Wildman–Crippen MR) is 58.7 cm³/mol. The molecule has 2 heterocycles.